The molecule has 0 spiro atoms. The van der Waals surface area contributed by atoms with Gasteiger partial charge >= 0.3 is 11.9 Å². The molecular weight excluding hydrogens is 576 g/mol. The minimum Gasteiger partial charge on any atom is -0.481 e. The standard InChI is InChI=1S/C36H56O9/c1-18-10-15-35(31(43)45-29-28(40)27(39)26(38)20(3)44-29)16-17-36(30(41)42)21(25(35)19(18)2)8-9-23-33(6)13-12-24(37)32(4,5)22(33)11-14-34(23,36)7/h8,18-20,22-29,37-40H,9-17H2,1-7H3,(H,41,42). The Kier molecular flexibility index (Phi) is 7.97. The van der Waals surface area contributed by atoms with Gasteiger partial charge in [0.15, 0.2) is 0 Å². The lowest BCUT2D eigenvalue weighted by atomic mass is 9.33. The summed E-state index contributed by atoms with van der Waals surface area (Å²) in [4.78, 5) is 28.3. The first kappa shape index (κ1) is 33.4. The Morgan fingerprint density at radius 1 is 0.844 bits per heavy atom. The first-order valence-corrected chi connectivity index (χ1v) is 17.4. The minimum absolute atomic E-state index is 0.0240. The molecule has 0 bridgehead atoms. The molecule has 0 amide bonds. The number of aliphatic hydroxyl groups excluding tert-OH is 4. The molecule has 1 saturated heterocycles. The molecule has 0 aromatic heterocycles. The van der Waals surface area contributed by atoms with Crippen molar-refractivity contribution in [3.63, 3.8) is 0 Å². The summed E-state index contributed by atoms with van der Waals surface area (Å²) in [5.41, 5.74) is -2.12. The smallest absolute Gasteiger partial charge is 0.315 e. The summed E-state index contributed by atoms with van der Waals surface area (Å²) in [6, 6.07) is 0. The number of allylic oxidation sites excluding steroid dienone is 1. The topological polar surface area (TPSA) is 154 Å². The Hall–Kier alpha value is -1.52. The predicted octanol–water partition coefficient (Wildman–Crippen LogP) is 4.44. The van der Waals surface area contributed by atoms with E-state index in [1.165, 1.54) is 0 Å². The van der Waals surface area contributed by atoms with Gasteiger partial charge in [-0.3, -0.25) is 9.59 Å². The van der Waals surface area contributed by atoms with Crippen LogP contribution in [0.3, 0.4) is 0 Å². The maximum absolute atomic E-state index is 14.4. The average molecular weight is 633 g/mol. The van der Waals surface area contributed by atoms with Crippen molar-refractivity contribution < 1.29 is 44.6 Å². The molecule has 1 aliphatic heterocycles. The zero-order valence-corrected chi connectivity index (χ0v) is 28.2. The molecule has 5 fully saturated rings. The Bertz CT molecular complexity index is 1250. The Balaban J connectivity index is 1.42. The van der Waals surface area contributed by atoms with E-state index in [1.54, 1.807) is 6.92 Å². The van der Waals surface area contributed by atoms with Crippen LogP contribution in [-0.4, -0.2) is 74.3 Å². The first-order valence-electron chi connectivity index (χ1n) is 17.4. The van der Waals surface area contributed by atoms with Crippen LogP contribution in [0.1, 0.15) is 106 Å². The zero-order valence-electron chi connectivity index (χ0n) is 28.2. The van der Waals surface area contributed by atoms with Crippen LogP contribution < -0.4 is 0 Å². The van der Waals surface area contributed by atoms with Crippen molar-refractivity contribution in [3.8, 4) is 0 Å². The van der Waals surface area contributed by atoms with Gasteiger partial charge in [-0.25, -0.2) is 0 Å². The van der Waals surface area contributed by atoms with E-state index in [1.807, 2.05) is 0 Å². The number of hydrogen-bond acceptors (Lipinski definition) is 8. The van der Waals surface area contributed by atoms with Gasteiger partial charge in [-0.1, -0.05) is 53.2 Å². The lowest BCUT2D eigenvalue weighted by Gasteiger charge is -2.70. The molecule has 0 radical (unpaired) electrons. The van der Waals surface area contributed by atoms with Crippen molar-refractivity contribution in [3.05, 3.63) is 11.6 Å². The van der Waals surface area contributed by atoms with Crippen LogP contribution in [0.5, 0.6) is 0 Å². The fraction of sp³-hybridized carbons (Fsp3) is 0.889. The van der Waals surface area contributed by atoms with Gasteiger partial charge in [0.25, 0.3) is 0 Å². The number of carbonyl (C=O) groups excluding carboxylic acids is 1. The second-order valence-corrected chi connectivity index (χ2v) is 17.1. The average Bonchev–Trinajstić information content (AvgIpc) is 2.98. The predicted molar refractivity (Wildman–Crippen MR) is 165 cm³/mol. The first-order chi connectivity index (χ1) is 20.9. The normalized spacial score (nSPS) is 53.9. The molecule has 15 atom stereocenters. The number of carboxylic acids is 1. The van der Waals surface area contributed by atoms with Crippen molar-refractivity contribution in [1.29, 1.82) is 0 Å². The maximum atomic E-state index is 14.4. The van der Waals surface area contributed by atoms with Gasteiger partial charge < -0.3 is 35.0 Å². The van der Waals surface area contributed by atoms with E-state index in [-0.39, 0.29) is 46.5 Å². The summed E-state index contributed by atoms with van der Waals surface area (Å²) in [6.45, 7) is 14.8. The Morgan fingerprint density at radius 3 is 2.20 bits per heavy atom. The van der Waals surface area contributed by atoms with E-state index >= 15 is 0 Å². The summed E-state index contributed by atoms with van der Waals surface area (Å²) in [5, 5.41) is 53.7. The van der Waals surface area contributed by atoms with E-state index in [0.717, 1.165) is 44.1 Å². The van der Waals surface area contributed by atoms with Gasteiger partial charge in [-0.05, 0) is 111 Å². The third-order valence-electron chi connectivity index (χ3n) is 15.2. The number of carbonyl (C=O) groups is 2. The van der Waals surface area contributed by atoms with Crippen LogP contribution in [-0.2, 0) is 19.1 Å². The van der Waals surface area contributed by atoms with E-state index in [9.17, 15) is 35.1 Å². The third kappa shape index (κ3) is 4.28. The monoisotopic (exact) mass is 632 g/mol. The maximum Gasteiger partial charge on any atom is 0.315 e. The van der Waals surface area contributed by atoms with Crippen molar-refractivity contribution >= 4 is 11.9 Å². The summed E-state index contributed by atoms with van der Waals surface area (Å²) in [6.07, 6.45) is 1.11. The van der Waals surface area contributed by atoms with E-state index < -0.39 is 58.9 Å². The lowest BCUT2D eigenvalue weighted by Crippen LogP contribution is -2.68. The van der Waals surface area contributed by atoms with Gasteiger partial charge in [0.2, 0.25) is 6.29 Å². The molecule has 15 unspecified atom stereocenters. The van der Waals surface area contributed by atoms with Crippen molar-refractivity contribution in [2.45, 2.75) is 143 Å². The van der Waals surface area contributed by atoms with Crippen LogP contribution in [0.25, 0.3) is 0 Å². The van der Waals surface area contributed by atoms with Gasteiger partial charge in [-0.15, -0.1) is 0 Å². The fourth-order valence-corrected chi connectivity index (χ4v) is 12.3. The number of rotatable bonds is 3. The number of esters is 1. The van der Waals surface area contributed by atoms with Gasteiger partial charge in [-0.2, -0.15) is 0 Å². The van der Waals surface area contributed by atoms with E-state index in [4.69, 9.17) is 9.47 Å². The van der Waals surface area contributed by atoms with Crippen molar-refractivity contribution in [2.24, 2.45) is 56.7 Å². The molecule has 0 aromatic rings. The molecule has 6 rings (SSSR count). The number of aliphatic carboxylic acids is 1. The van der Waals surface area contributed by atoms with Crippen LogP contribution in [0, 0.1) is 56.7 Å². The molecule has 5 N–H and O–H groups in total. The highest BCUT2D eigenvalue weighted by atomic mass is 16.7. The molecular formula is C36H56O9. The Morgan fingerprint density at radius 2 is 1.53 bits per heavy atom. The molecule has 254 valence electrons. The SMILES string of the molecule is CC1CCC2(C(=O)OC3OC(C)C(O)C(O)C3O)CCC3(C(=O)O)C(=CCC4C5(C)CCC(O)C(C)(C)C5CCC43C)C2C1C. The summed E-state index contributed by atoms with van der Waals surface area (Å²) in [7, 11) is 0. The van der Waals surface area contributed by atoms with Crippen LogP contribution >= 0.6 is 0 Å². The third-order valence-corrected chi connectivity index (χ3v) is 15.2. The molecule has 5 aliphatic carbocycles. The lowest BCUT2D eigenvalue weighted by molar-refractivity contribution is -0.290. The van der Waals surface area contributed by atoms with Gasteiger partial charge in [0.1, 0.15) is 18.3 Å². The van der Waals surface area contributed by atoms with Crippen LogP contribution in [0.4, 0.5) is 0 Å². The van der Waals surface area contributed by atoms with E-state index in [2.05, 4.69) is 47.6 Å². The van der Waals surface area contributed by atoms with Crippen LogP contribution in [0.15, 0.2) is 11.6 Å². The highest BCUT2D eigenvalue weighted by Gasteiger charge is 2.73. The van der Waals surface area contributed by atoms with Gasteiger partial charge in [0.05, 0.1) is 23.0 Å². The number of hydrogen-bond donors (Lipinski definition) is 5. The summed E-state index contributed by atoms with van der Waals surface area (Å²) >= 11 is 0. The second-order valence-electron chi connectivity index (χ2n) is 17.1. The molecule has 4 saturated carbocycles. The van der Waals surface area contributed by atoms with Gasteiger partial charge in [0, 0.05) is 0 Å². The number of aliphatic hydroxyl groups is 4. The summed E-state index contributed by atoms with van der Waals surface area (Å²) in [5.74, 6) is -0.951. The van der Waals surface area contributed by atoms with E-state index in [0.29, 0.717) is 19.3 Å². The largest absolute Gasteiger partial charge is 0.481 e. The quantitative estimate of drug-likeness (QED) is 0.224. The molecule has 45 heavy (non-hydrogen) atoms. The summed E-state index contributed by atoms with van der Waals surface area (Å²) < 4.78 is 11.6. The molecule has 0 aromatic carbocycles. The minimum atomic E-state index is -1.60. The highest BCUT2D eigenvalue weighted by molar-refractivity contribution is 5.85. The molecule has 9 nitrogen and oxygen atoms in total. The molecule has 9 heteroatoms. The number of fused-ring (bicyclic) bond motifs is 7. The fourth-order valence-electron chi connectivity index (χ4n) is 12.3. The number of ether oxygens (including phenoxy) is 2. The zero-order chi connectivity index (χ0) is 33.1. The molecule has 1 heterocycles. The van der Waals surface area contributed by atoms with Crippen molar-refractivity contribution in [1.82, 2.24) is 0 Å². The van der Waals surface area contributed by atoms with Crippen LogP contribution in [0.2, 0.25) is 0 Å². The molecule has 6 aliphatic rings. The Labute approximate surface area is 267 Å². The second kappa shape index (κ2) is 10.7. The van der Waals surface area contributed by atoms with Crippen molar-refractivity contribution in [2.75, 3.05) is 0 Å². The number of carboxylic acid groups (broad SMARTS) is 1. The highest BCUT2D eigenvalue weighted by Crippen LogP contribution is 2.76.